The van der Waals surface area contributed by atoms with Crippen molar-refractivity contribution < 1.29 is 44.2 Å². The molecule has 0 spiro atoms. The van der Waals surface area contributed by atoms with Gasteiger partial charge in [0.2, 0.25) is 5.91 Å². The number of ether oxygens (including phenoxy) is 3. The van der Waals surface area contributed by atoms with Crippen LogP contribution in [0.25, 0.3) is 0 Å². The Kier molecular flexibility index (Phi) is 9.55. The highest BCUT2D eigenvalue weighted by Gasteiger charge is 2.56. The van der Waals surface area contributed by atoms with Gasteiger partial charge in [0, 0.05) is 13.0 Å². The first-order valence-electron chi connectivity index (χ1n) is 9.88. The minimum absolute atomic E-state index is 0.148. The predicted molar refractivity (Wildman–Crippen MR) is 110 cm³/mol. The Hall–Kier alpha value is -2.56. The fourth-order valence-corrected chi connectivity index (χ4v) is 3.38. The number of aliphatic carboxylic acids is 1. The van der Waals surface area contributed by atoms with Crippen molar-refractivity contribution >= 4 is 11.9 Å². The second-order valence-corrected chi connectivity index (χ2v) is 7.22. The molecule has 0 bridgehead atoms. The fraction of sp³-hybridized carbons (Fsp3) is 0.524. The van der Waals surface area contributed by atoms with Gasteiger partial charge in [0.15, 0.2) is 0 Å². The van der Waals surface area contributed by atoms with E-state index in [4.69, 9.17) is 31.5 Å². The predicted octanol–water partition coefficient (Wildman–Crippen LogP) is -2.05. The lowest BCUT2D eigenvalue weighted by Gasteiger charge is -2.47. The Balaban J connectivity index is 2.42. The number of benzene rings is 1. The first kappa shape index (κ1) is 25.7. The molecule has 32 heavy (non-hydrogen) atoms. The summed E-state index contributed by atoms with van der Waals surface area (Å²) in [5.74, 6) is -2.38. The van der Waals surface area contributed by atoms with E-state index in [0.29, 0.717) is 5.56 Å². The van der Waals surface area contributed by atoms with Crippen LogP contribution in [0.15, 0.2) is 30.3 Å². The number of nitrogens with two attached hydrogens (primary N) is 1. The molecule has 1 fully saturated rings. The summed E-state index contributed by atoms with van der Waals surface area (Å²) in [6.07, 6.45) is -1.01. The van der Waals surface area contributed by atoms with Gasteiger partial charge in [0.25, 0.3) is 5.79 Å². The van der Waals surface area contributed by atoms with Crippen molar-refractivity contribution in [2.45, 2.75) is 49.3 Å². The average molecular weight is 452 g/mol. The molecular formula is C21H28N2O9. The quantitative estimate of drug-likeness (QED) is 0.205. The van der Waals surface area contributed by atoms with Gasteiger partial charge in [0.05, 0.1) is 24.9 Å². The highest BCUT2D eigenvalue weighted by molar-refractivity contribution is 5.78. The van der Waals surface area contributed by atoms with Gasteiger partial charge in [-0.25, -0.2) is 4.79 Å². The molecular weight excluding hydrogens is 424 g/mol. The van der Waals surface area contributed by atoms with Crippen molar-refractivity contribution in [1.82, 2.24) is 5.32 Å². The van der Waals surface area contributed by atoms with Gasteiger partial charge < -0.3 is 45.7 Å². The van der Waals surface area contributed by atoms with Crippen LogP contribution in [-0.4, -0.2) is 88.3 Å². The summed E-state index contributed by atoms with van der Waals surface area (Å²) in [4.78, 5) is 24.2. The maximum absolute atomic E-state index is 12.3. The molecule has 1 amide bonds. The van der Waals surface area contributed by atoms with Crippen LogP contribution in [0.3, 0.4) is 0 Å². The summed E-state index contributed by atoms with van der Waals surface area (Å²) in [6.45, 7) is -1.64. The maximum Gasteiger partial charge on any atom is 0.364 e. The summed E-state index contributed by atoms with van der Waals surface area (Å²) >= 11 is 0. The Morgan fingerprint density at radius 1 is 1.34 bits per heavy atom. The molecule has 0 unspecified atom stereocenters. The fourth-order valence-electron chi connectivity index (χ4n) is 3.38. The van der Waals surface area contributed by atoms with Crippen molar-refractivity contribution in [1.29, 1.82) is 0 Å². The lowest BCUT2D eigenvalue weighted by Crippen LogP contribution is -2.68. The third-order valence-corrected chi connectivity index (χ3v) is 5.02. The lowest BCUT2D eigenvalue weighted by molar-refractivity contribution is -0.316. The molecule has 1 heterocycles. The van der Waals surface area contributed by atoms with E-state index in [9.17, 15) is 24.9 Å². The number of carbonyl (C=O) groups is 2. The molecule has 2 rings (SSSR count). The SMILES string of the molecule is C#CCO[C@H]1C[C@](OCc2ccccc2)(C(=O)O)O[C@@H]([C@H](O)[C@H](O)CN)[C@@H]1NC(=O)CO. The van der Waals surface area contributed by atoms with E-state index < -0.39 is 61.1 Å². The molecule has 11 nitrogen and oxygen atoms in total. The van der Waals surface area contributed by atoms with Gasteiger partial charge in [0.1, 0.15) is 25.4 Å². The van der Waals surface area contributed by atoms with Crippen LogP contribution in [0.4, 0.5) is 0 Å². The average Bonchev–Trinajstić information content (AvgIpc) is 2.81. The molecule has 7 N–H and O–H groups in total. The number of amides is 1. The lowest BCUT2D eigenvalue weighted by atomic mass is 9.88. The molecule has 0 radical (unpaired) electrons. The summed E-state index contributed by atoms with van der Waals surface area (Å²) in [5, 5.41) is 42.2. The van der Waals surface area contributed by atoms with Crippen molar-refractivity contribution in [2.75, 3.05) is 19.8 Å². The van der Waals surface area contributed by atoms with E-state index in [1.165, 1.54) is 0 Å². The number of hydrogen-bond acceptors (Lipinski definition) is 9. The molecule has 1 aromatic rings. The number of terminal acetylenes is 1. The van der Waals surface area contributed by atoms with Crippen molar-refractivity contribution in [3.8, 4) is 12.3 Å². The maximum atomic E-state index is 12.3. The first-order chi connectivity index (χ1) is 15.3. The van der Waals surface area contributed by atoms with Crippen LogP contribution in [0.1, 0.15) is 12.0 Å². The van der Waals surface area contributed by atoms with Crippen molar-refractivity contribution in [2.24, 2.45) is 5.73 Å². The molecule has 0 saturated carbocycles. The Bertz CT molecular complexity index is 800. The van der Waals surface area contributed by atoms with E-state index in [2.05, 4.69) is 11.2 Å². The number of hydrogen-bond donors (Lipinski definition) is 6. The second kappa shape index (κ2) is 11.9. The van der Waals surface area contributed by atoms with Crippen LogP contribution in [0.2, 0.25) is 0 Å². The van der Waals surface area contributed by atoms with Crippen molar-refractivity contribution in [3.05, 3.63) is 35.9 Å². The summed E-state index contributed by atoms with van der Waals surface area (Å²) in [5.41, 5.74) is 6.09. The number of carbonyl (C=O) groups excluding carboxylic acids is 1. The smallest absolute Gasteiger partial charge is 0.364 e. The van der Waals surface area contributed by atoms with Gasteiger partial charge in [-0.2, -0.15) is 0 Å². The Morgan fingerprint density at radius 2 is 2.03 bits per heavy atom. The molecule has 1 aliphatic rings. The van der Waals surface area contributed by atoms with E-state index in [-0.39, 0.29) is 19.8 Å². The van der Waals surface area contributed by atoms with Crippen LogP contribution in [-0.2, 0) is 30.4 Å². The third kappa shape index (κ3) is 6.24. The van der Waals surface area contributed by atoms with E-state index >= 15 is 0 Å². The Labute approximate surface area is 185 Å². The molecule has 0 aliphatic carbocycles. The number of carboxylic acid groups (broad SMARTS) is 1. The standard InChI is InChI=1S/C21H28N2O9/c1-2-8-30-15-9-21(20(28)29,31-12-13-6-4-3-5-7-13)32-19(18(27)14(25)10-22)17(15)23-16(26)11-24/h1,3-7,14-15,17-19,24-25,27H,8-12,22H2,(H,23,26)(H,28,29)/t14-,15+,17-,18-,19-,21-/m1/s1. The van der Waals surface area contributed by atoms with E-state index in [1.807, 2.05) is 0 Å². The first-order valence-corrected chi connectivity index (χ1v) is 9.88. The number of aliphatic hydroxyl groups is 3. The zero-order chi connectivity index (χ0) is 23.7. The summed E-state index contributed by atoms with van der Waals surface area (Å²) in [6, 6.07) is 7.55. The molecule has 1 aliphatic heterocycles. The number of nitrogens with one attached hydrogen (secondary N) is 1. The van der Waals surface area contributed by atoms with Crippen LogP contribution >= 0.6 is 0 Å². The zero-order valence-corrected chi connectivity index (χ0v) is 17.3. The molecule has 1 saturated heterocycles. The zero-order valence-electron chi connectivity index (χ0n) is 17.3. The van der Waals surface area contributed by atoms with Crippen molar-refractivity contribution in [3.63, 3.8) is 0 Å². The minimum atomic E-state index is -2.30. The monoisotopic (exact) mass is 452 g/mol. The van der Waals surface area contributed by atoms with Gasteiger partial charge in [-0.3, -0.25) is 4.79 Å². The van der Waals surface area contributed by atoms with Gasteiger partial charge >= 0.3 is 5.97 Å². The summed E-state index contributed by atoms with van der Waals surface area (Å²) < 4.78 is 16.9. The second-order valence-electron chi connectivity index (χ2n) is 7.22. The van der Waals surface area contributed by atoms with Gasteiger partial charge in [-0.05, 0) is 5.56 Å². The van der Waals surface area contributed by atoms with Gasteiger partial charge in [-0.15, -0.1) is 6.42 Å². The Morgan fingerprint density at radius 3 is 2.59 bits per heavy atom. The van der Waals surface area contributed by atoms with E-state index in [0.717, 1.165) is 0 Å². The molecule has 176 valence electrons. The normalized spacial score (nSPS) is 27.2. The largest absolute Gasteiger partial charge is 0.477 e. The number of rotatable bonds is 11. The topological polar surface area (TPSA) is 181 Å². The highest BCUT2D eigenvalue weighted by atomic mass is 16.7. The molecule has 0 aromatic heterocycles. The van der Waals surface area contributed by atoms with Crippen LogP contribution in [0.5, 0.6) is 0 Å². The summed E-state index contributed by atoms with van der Waals surface area (Å²) in [7, 11) is 0. The van der Waals surface area contributed by atoms with Crippen LogP contribution < -0.4 is 11.1 Å². The molecule has 6 atom stereocenters. The van der Waals surface area contributed by atoms with Crippen LogP contribution in [0, 0.1) is 12.3 Å². The molecule has 11 heteroatoms. The number of carboxylic acids is 1. The highest BCUT2D eigenvalue weighted by Crippen LogP contribution is 2.35. The number of aliphatic hydroxyl groups excluding tert-OH is 3. The van der Waals surface area contributed by atoms with Gasteiger partial charge in [-0.1, -0.05) is 36.3 Å². The minimum Gasteiger partial charge on any atom is -0.477 e. The van der Waals surface area contributed by atoms with E-state index in [1.54, 1.807) is 30.3 Å². The third-order valence-electron chi connectivity index (χ3n) is 5.02. The molecule has 1 aromatic carbocycles.